The van der Waals surface area contributed by atoms with Crippen molar-refractivity contribution in [2.75, 3.05) is 12.3 Å². The van der Waals surface area contributed by atoms with Crippen LogP contribution in [0.5, 0.6) is 5.75 Å². The van der Waals surface area contributed by atoms with Crippen molar-refractivity contribution >= 4 is 11.5 Å². The maximum Gasteiger partial charge on any atom is 0.179 e. The molecule has 0 heterocycles. The van der Waals surface area contributed by atoms with Gasteiger partial charge in [-0.05, 0) is 49.7 Å². The zero-order valence-corrected chi connectivity index (χ0v) is 13.3. The van der Waals surface area contributed by atoms with E-state index in [1.165, 1.54) is 12.1 Å². The molecule has 1 atom stereocenters. The number of anilines is 1. The summed E-state index contributed by atoms with van der Waals surface area (Å²) in [6.45, 7) is 4.67. The Labute approximate surface area is 135 Å². The lowest BCUT2D eigenvalue weighted by Crippen LogP contribution is -2.33. The van der Waals surface area contributed by atoms with Gasteiger partial charge in [-0.2, -0.15) is 0 Å². The number of benzene rings is 2. The number of ether oxygens (including phenoxy) is 1. The quantitative estimate of drug-likeness (QED) is 0.608. The fraction of sp³-hybridized carbons (Fsp3) is 0.278. The molecular formula is C18H21FN2O2. The number of Topliss-reactive ketones (excluding diaryl/α,β-unsaturated/α-hetero) is 1. The first-order chi connectivity index (χ1) is 11.0. The second kappa shape index (κ2) is 7.74. The van der Waals surface area contributed by atoms with Gasteiger partial charge in [0.15, 0.2) is 5.78 Å². The number of hydrogen-bond donors (Lipinski definition) is 2. The predicted octanol–water partition coefficient (Wildman–Crippen LogP) is 3.17. The molecule has 0 amide bonds. The number of carbonyl (C=O) groups is 1. The number of rotatable bonds is 7. The average Bonchev–Trinajstić information content (AvgIpc) is 2.55. The summed E-state index contributed by atoms with van der Waals surface area (Å²) >= 11 is 0. The van der Waals surface area contributed by atoms with Gasteiger partial charge in [-0.3, -0.25) is 4.79 Å². The zero-order chi connectivity index (χ0) is 16.8. The van der Waals surface area contributed by atoms with Crippen LogP contribution in [0.15, 0.2) is 42.5 Å². The van der Waals surface area contributed by atoms with E-state index in [0.717, 1.165) is 5.56 Å². The third-order valence-corrected chi connectivity index (χ3v) is 3.51. The first-order valence-electron chi connectivity index (χ1n) is 7.55. The van der Waals surface area contributed by atoms with Crippen LogP contribution < -0.4 is 15.8 Å². The summed E-state index contributed by atoms with van der Waals surface area (Å²) in [4.78, 5) is 12.4. The summed E-state index contributed by atoms with van der Waals surface area (Å²) < 4.78 is 18.2. The Morgan fingerprint density at radius 3 is 2.57 bits per heavy atom. The minimum atomic E-state index is -0.377. The monoisotopic (exact) mass is 316 g/mol. The van der Waals surface area contributed by atoms with Crippen LogP contribution in [0.1, 0.15) is 29.8 Å². The number of nitrogens with one attached hydrogen (secondary N) is 1. The zero-order valence-electron chi connectivity index (χ0n) is 13.3. The van der Waals surface area contributed by atoms with E-state index in [0.29, 0.717) is 30.2 Å². The summed E-state index contributed by atoms with van der Waals surface area (Å²) in [6.07, 6.45) is 0. The summed E-state index contributed by atoms with van der Waals surface area (Å²) in [5.41, 5.74) is 7.79. The molecule has 0 aliphatic rings. The largest absolute Gasteiger partial charge is 0.492 e. The third kappa shape index (κ3) is 4.53. The second-order valence-corrected chi connectivity index (χ2v) is 5.28. The molecule has 0 saturated carbocycles. The maximum atomic E-state index is 12.9. The number of halogens is 1. The van der Waals surface area contributed by atoms with Gasteiger partial charge >= 0.3 is 0 Å². The van der Waals surface area contributed by atoms with Crippen LogP contribution in [0, 0.1) is 5.82 Å². The van der Waals surface area contributed by atoms with Crippen LogP contribution >= 0.6 is 0 Å². The molecule has 122 valence electrons. The summed E-state index contributed by atoms with van der Waals surface area (Å²) in [6, 6.07) is 10.8. The van der Waals surface area contributed by atoms with Crippen LogP contribution in [-0.2, 0) is 6.54 Å². The van der Waals surface area contributed by atoms with Gasteiger partial charge in [0.25, 0.3) is 0 Å². The molecule has 0 aliphatic heterocycles. The molecule has 0 saturated heterocycles. The SMILES string of the molecule is CCOc1ccc(C(=O)C(C)NCc2ccc(F)cc2)cc1N. The Bertz CT molecular complexity index is 671. The van der Waals surface area contributed by atoms with Gasteiger partial charge in [-0.25, -0.2) is 4.39 Å². The smallest absolute Gasteiger partial charge is 0.179 e. The van der Waals surface area contributed by atoms with Gasteiger partial charge in [-0.1, -0.05) is 12.1 Å². The van der Waals surface area contributed by atoms with Crippen LogP contribution in [-0.4, -0.2) is 18.4 Å². The van der Waals surface area contributed by atoms with Gasteiger partial charge in [-0.15, -0.1) is 0 Å². The molecule has 0 bridgehead atoms. The minimum absolute atomic E-state index is 0.0538. The summed E-state index contributed by atoms with van der Waals surface area (Å²) in [5.74, 6) is 0.251. The van der Waals surface area contributed by atoms with Crippen LogP contribution in [0.25, 0.3) is 0 Å². The number of ketones is 1. The highest BCUT2D eigenvalue weighted by molar-refractivity contribution is 6.00. The van der Waals surface area contributed by atoms with Gasteiger partial charge in [0.2, 0.25) is 0 Å². The minimum Gasteiger partial charge on any atom is -0.492 e. The van der Waals surface area contributed by atoms with Crippen molar-refractivity contribution in [1.29, 1.82) is 0 Å². The fourth-order valence-corrected chi connectivity index (χ4v) is 2.20. The number of nitrogens with two attached hydrogens (primary N) is 1. The number of nitrogen functional groups attached to an aromatic ring is 1. The Morgan fingerprint density at radius 2 is 1.96 bits per heavy atom. The van der Waals surface area contributed by atoms with Gasteiger partial charge in [0.05, 0.1) is 18.3 Å². The highest BCUT2D eigenvalue weighted by atomic mass is 19.1. The molecular weight excluding hydrogens is 295 g/mol. The van der Waals surface area contributed by atoms with Gasteiger partial charge < -0.3 is 15.8 Å². The highest BCUT2D eigenvalue weighted by Crippen LogP contribution is 2.23. The molecule has 5 heteroatoms. The Balaban J connectivity index is 1.99. The summed E-state index contributed by atoms with van der Waals surface area (Å²) in [5, 5.41) is 3.13. The Hall–Kier alpha value is -2.40. The molecule has 1 unspecified atom stereocenters. The molecule has 0 aromatic heterocycles. The lowest BCUT2D eigenvalue weighted by Gasteiger charge is -2.14. The van der Waals surface area contributed by atoms with E-state index in [2.05, 4.69) is 5.32 Å². The molecule has 0 radical (unpaired) electrons. The topological polar surface area (TPSA) is 64.3 Å². The van der Waals surface area contributed by atoms with Crippen LogP contribution in [0.2, 0.25) is 0 Å². The maximum absolute atomic E-state index is 12.9. The van der Waals surface area contributed by atoms with Crippen molar-refractivity contribution in [1.82, 2.24) is 5.32 Å². The Kier molecular flexibility index (Phi) is 5.71. The highest BCUT2D eigenvalue weighted by Gasteiger charge is 2.16. The second-order valence-electron chi connectivity index (χ2n) is 5.28. The molecule has 3 N–H and O–H groups in total. The summed E-state index contributed by atoms with van der Waals surface area (Å²) in [7, 11) is 0. The van der Waals surface area contributed by atoms with Crippen molar-refractivity contribution in [2.24, 2.45) is 0 Å². The molecule has 2 aromatic rings. The van der Waals surface area contributed by atoms with Gasteiger partial charge in [0.1, 0.15) is 11.6 Å². The number of hydrogen-bond acceptors (Lipinski definition) is 4. The average molecular weight is 316 g/mol. The molecule has 0 spiro atoms. The van der Waals surface area contributed by atoms with E-state index in [1.807, 2.05) is 6.92 Å². The molecule has 23 heavy (non-hydrogen) atoms. The van der Waals surface area contributed by atoms with Crippen LogP contribution in [0.4, 0.5) is 10.1 Å². The van der Waals surface area contributed by atoms with E-state index in [4.69, 9.17) is 10.5 Å². The normalized spacial score (nSPS) is 12.0. The molecule has 0 aliphatic carbocycles. The standard InChI is InChI=1S/C18H21FN2O2/c1-3-23-17-9-6-14(10-16(17)20)18(22)12(2)21-11-13-4-7-15(19)8-5-13/h4-10,12,21H,3,11,20H2,1-2H3. The van der Waals surface area contributed by atoms with E-state index in [9.17, 15) is 9.18 Å². The van der Waals surface area contributed by atoms with Crippen molar-refractivity contribution < 1.29 is 13.9 Å². The molecule has 2 rings (SSSR count). The van der Waals surface area contributed by atoms with E-state index < -0.39 is 0 Å². The lowest BCUT2D eigenvalue weighted by atomic mass is 10.0. The fourth-order valence-electron chi connectivity index (χ4n) is 2.20. The lowest BCUT2D eigenvalue weighted by molar-refractivity contribution is 0.0950. The first kappa shape index (κ1) is 17.0. The molecule has 4 nitrogen and oxygen atoms in total. The van der Waals surface area contributed by atoms with Crippen molar-refractivity contribution in [2.45, 2.75) is 26.4 Å². The molecule has 2 aromatic carbocycles. The number of carbonyl (C=O) groups excluding carboxylic acids is 1. The first-order valence-corrected chi connectivity index (χ1v) is 7.55. The van der Waals surface area contributed by atoms with Gasteiger partial charge in [0, 0.05) is 12.1 Å². The van der Waals surface area contributed by atoms with Crippen LogP contribution in [0.3, 0.4) is 0 Å². The van der Waals surface area contributed by atoms with E-state index in [-0.39, 0.29) is 17.6 Å². The van der Waals surface area contributed by atoms with Crippen molar-refractivity contribution in [3.8, 4) is 5.75 Å². The predicted molar refractivity (Wildman–Crippen MR) is 89.1 cm³/mol. The Morgan fingerprint density at radius 1 is 1.26 bits per heavy atom. The third-order valence-electron chi connectivity index (χ3n) is 3.51. The van der Waals surface area contributed by atoms with E-state index in [1.54, 1.807) is 37.3 Å². The van der Waals surface area contributed by atoms with E-state index >= 15 is 0 Å². The molecule has 0 fully saturated rings. The van der Waals surface area contributed by atoms with Crippen molar-refractivity contribution in [3.63, 3.8) is 0 Å². The van der Waals surface area contributed by atoms with Crippen molar-refractivity contribution in [3.05, 3.63) is 59.4 Å².